The molecule has 3 nitrogen and oxygen atoms in total. The van der Waals surface area contributed by atoms with Gasteiger partial charge in [0.05, 0.1) is 17.4 Å². The average molecular weight is 427 g/mol. The van der Waals surface area contributed by atoms with E-state index in [0.717, 1.165) is 29.7 Å². The molecule has 1 atom stereocenters. The van der Waals surface area contributed by atoms with Crippen molar-refractivity contribution in [3.8, 4) is 0 Å². The lowest BCUT2D eigenvalue weighted by Crippen LogP contribution is -2.19. The Balaban J connectivity index is 1.58. The van der Waals surface area contributed by atoms with Gasteiger partial charge in [-0.25, -0.2) is 0 Å². The first-order valence-electron chi connectivity index (χ1n) is 11.2. The average Bonchev–Trinajstić information content (AvgIpc) is 3.33. The Morgan fingerprint density at radius 1 is 0.727 bits per heavy atom. The molecule has 0 fully saturated rings. The summed E-state index contributed by atoms with van der Waals surface area (Å²) in [5.74, 6) is 0. The fourth-order valence-electron chi connectivity index (χ4n) is 4.89. The largest absolute Gasteiger partial charge is 0.298 e. The van der Waals surface area contributed by atoms with Crippen molar-refractivity contribution in [3.05, 3.63) is 126 Å². The monoisotopic (exact) mass is 426 g/mol. The van der Waals surface area contributed by atoms with Gasteiger partial charge in [0, 0.05) is 12.0 Å². The van der Waals surface area contributed by atoms with Crippen molar-refractivity contribution in [1.82, 2.24) is 0 Å². The van der Waals surface area contributed by atoms with Gasteiger partial charge in [0.2, 0.25) is 0 Å². The van der Waals surface area contributed by atoms with Gasteiger partial charge >= 0.3 is 0 Å². The number of nitrogens with zero attached hydrogens (tertiary/aromatic N) is 2. The van der Waals surface area contributed by atoms with Crippen LogP contribution >= 0.6 is 0 Å². The Labute approximate surface area is 192 Å². The minimum atomic E-state index is 0.0401. The molecule has 0 amide bonds. The lowest BCUT2D eigenvalue weighted by Gasteiger charge is -2.26. The van der Waals surface area contributed by atoms with E-state index >= 15 is 0 Å². The molecule has 3 heteroatoms. The topological polar surface area (TPSA) is 32.7 Å². The lowest BCUT2D eigenvalue weighted by molar-refractivity contribution is 0.112. The molecular formula is C30H22N2O. The van der Waals surface area contributed by atoms with Crippen LogP contribution in [0.2, 0.25) is 0 Å². The standard InChI is InChI=1S/C30H22N2O/c33-20-21-14-16-25(17-15-21)32-29(19-28(31-32)22-8-2-1-3-9-22)30-26-12-6-4-10-23(26)18-24-11-5-7-13-27(24)30/h1-18,20,29H,19H2/t29-/m1/s1. The van der Waals surface area contributed by atoms with E-state index in [-0.39, 0.29) is 6.04 Å². The molecule has 0 saturated carbocycles. The molecule has 158 valence electrons. The minimum Gasteiger partial charge on any atom is -0.298 e. The first-order chi connectivity index (χ1) is 16.3. The van der Waals surface area contributed by atoms with Crippen LogP contribution in [0.5, 0.6) is 0 Å². The Bertz CT molecular complexity index is 1450. The van der Waals surface area contributed by atoms with Crippen LogP contribution in [0, 0.1) is 0 Å². The highest BCUT2D eigenvalue weighted by molar-refractivity contribution is 6.07. The van der Waals surface area contributed by atoms with E-state index in [1.54, 1.807) is 0 Å². The number of fused-ring (bicyclic) bond motifs is 2. The van der Waals surface area contributed by atoms with Gasteiger partial charge in [0.15, 0.2) is 0 Å². The second kappa shape index (κ2) is 8.03. The third-order valence-electron chi connectivity index (χ3n) is 6.46. The number of benzene rings is 5. The Morgan fingerprint density at radius 2 is 1.33 bits per heavy atom. The number of anilines is 1. The summed E-state index contributed by atoms with van der Waals surface area (Å²) >= 11 is 0. The number of carbonyl (C=O) groups is 1. The first kappa shape index (κ1) is 19.4. The zero-order valence-electron chi connectivity index (χ0n) is 18.1. The number of carbonyl (C=O) groups excluding carboxylic acids is 1. The highest BCUT2D eigenvalue weighted by Crippen LogP contribution is 2.42. The fraction of sp³-hybridized carbons (Fsp3) is 0.0667. The normalized spacial score (nSPS) is 15.7. The highest BCUT2D eigenvalue weighted by atomic mass is 16.1. The Kier molecular flexibility index (Phi) is 4.73. The smallest absolute Gasteiger partial charge is 0.150 e. The fourth-order valence-corrected chi connectivity index (χ4v) is 4.89. The van der Waals surface area contributed by atoms with Crippen LogP contribution < -0.4 is 5.01 Å². The summed E-state index contributed by atoms with van der Waals surface area (Å²) in [6, 6.07) is 37.6. The number of rotatable bonds is 4. The predicted molar refractivity (Wildman–Crippen MR) is 136 cm³/mol. The van der Waals surface area contributed by atoms with Crippen molar-refractivity contribution in [2.45, 2.75) is 12.5 Å². The maximum absolute atomic E-state index is 11.2. The summed E-state index contributed by atoms with van der Waals surface area (Å²) < 4.78 is 0. The minimum absolute atomic E-state index is 0.0401. The van der Waals surface area contributed by atoms with Crippen molar-refractivity contribution in [3.63, 3.8) is 0 Å². The molecule has 5 aromatic carbocycles. The predicted octanol–water partition coefficient (Wildman–Crippen LogP) is 7.16. The zero-order valence-corrected chi connectivity index (χ0v) is 18.1. The first-order valence-corrected chi connectivity index (χ1v) is 11.2. The molecule has 0 aliphatic carbocycles. The van der Waals surface area contributed by atoms with Crippen molar-refractivity contribution < 1.29 is 4.79 Å². The number of aldehydes is 1. The van der Waals surface area contributed by atoms with E-state index < -0.39 is 0 Å². The molecular weight excluding hydrogens is 404 g/mol. The van der Waals surface area contributed by atoms with Crippen LogP contribution in [-0.4, -0.2) is 12.0 Å². The van der Waals surface area contributed by atoms with E-state index in [9.17, 15) is 4.79 Å². The van der Waals surface area contributed by atoms with Gasteiger partial charge in [-0.2, -0.15) is 5.10 Å². The SMILES string of the molecule is O=Cc1ccc(N2N=C(c3ccccc3)C[C@@H]2c2c3ccccc3cc3ccccc23)cc1. The van der Waals surface area contributed by atoms with Crippen molar-refractivity contribution in [2.24, 2.45) is 5.10 Å². The summed E-state index contributed by atoms with van der Waals surface area (Å²) in [6.07, 6.45) is 1.68. The van der Waals surface area contributed by atoms with Crippen LogP contribution in [-0.2, 0) is 0 Å². The lowest BCUT2D eigenvalue weighted by atomic mass is 9.89. The Morgan fingerprint density at radius 3 is 1.97 bits per heavy atom. The number of hydrogen-bond acceptors (Lipinski definition) is 3. The van der Waals surface area contributed by atoms with Crippen LogP contribution in [0.25, 0.3) is 21.5 Å². The van der Waals surface area contributed by atoms with Gasteiger partial charge < -0.3 is 0 Å². The van der Waals surface area contributed by atoms with Gasteiger partial charge in [-0.05, 0) is 63.0 Å². The van der Waals surface area contributed by atoms with Gasteiger partial charge in [0.1, 0.15) is 6.29 Å². The van der Waals surface area contributed by atoms with E-state index in [4.69, 9.17) is 5.10 Å². The van der Waals surface area contributed by atoms with Crippen LogP contribution in [0.3, 0.4) is 0 Å². The number of hydrazone groups is 1. The summed E-state index contributed by atoms with van der Waals surface area (Å²) in [5, 5.41) is 12.2. The molecule has 5 aromatic rings. The number of hydrogen-bond donors (Lipinski definition) is 0. The van der Waals surface area contributed by atoms with Crippen molar-refractivity contribution in [1.29, 1.82) is 0 Å². The molecule has 1 aliphatic rings. The molecule has 33 heavy (non-hydrogen) atoms. The quantitative estimate of drug-likeness (QED) is 0.226. The van der Waals surface area contributed by atoms with Crippen LogP contribution in [0.15, 0.2) is 114 Å². The van der Waals surface area contributed by atoms with E-state index in [0.29, 0.717) is 5.56 Å². The van der Waals surface area contributed by atoms with Gasteiger partial charge in [-0.15, -0.1) is 0 Å². The van der Waals surface area contributed by atoms with E-state index in [1.165, 1.54) is 27.1 Å². The van der Waals surface area contributed by atoms with Gasteiger partial charge in [-0.3, -0.25) is 9.80 Å². The molecule has 0 spiro atoms. The molecule has 0 N–H and O–H groups in total. The summed E-state index contributed by atoms with van der Waals surface area (Å²) in [6.45, 7) is 0. The molecule has 0 unspecified atom stereocenters. The maximum atomic E-state index is 11.2. The molecule has 0 saturated heterocycles. The van der Waals surface area contributed by atoms with Crippen LogP contribution in [0.1, 0.15) is 33.9 Å². The molecule has 1 heterocycles. The Hall–Kier alpha value is -4.24. The van der Waals surface area contributed by atoms with Crippen LogP contribution in [0.4, 0.5) is 5.69 Å². The second-order valence-corrected chi connectivity index (χ2v) is 8.42. The van der Waals surface area contributed by atoms with E-state index in [2.05, 4.69) is 83.9 Å². The summed E-state index contributed by atoms with van der Waals surface area (Å²) in [4.78, 5) is 11.2. The second-order valence-electron chi connectivity index (χ2n) is 8.42. The van der Waals surface area contributed by atoms with Crippen molar-refractivity contribution in [2.75, 3.05) is 5.01 Å². The molecule has 6 rings (SSSR count). The van der Waals surface area contributed by atoms with E-state index in [1.807, 2.05) is 30.3 Å². The summed E-state index contributed by atoms with van der Waals surface area (Å²) in [5.41, 5.74) is 5.14. The third kappa shape index (κ3) is 3.39. The van der Waals surface area contributed by atoms with Gasteiger partial charge in [-0.1, -0.05) is 78.9 Å². The molecule has 1 aliphatic heterocycles. The van der Waals surface area contributed by atoms with Gasteiger partial charge in [0.25, 0.3) is 0 Å². The third-order valence-corrected chi connectivity index (χ3v) is 6.46. The highest BCUT2D eigenvalue weighted by Gasteiger charge is 2.32. The maximum Gasteiger partial charge on any atom is 0.150 e. The zero-order chi connectivity index (χ0) is 22.2. The summed E-state index contributed by atoms with van der Waals surface area (Å²) in [7, 11) is 0. The van der Waals surface area contributed by atoms with Crippen molar-refractivity contribution >= 4 is 39.2 Å². The molecule has 0 aromatic heterocycles. The molecule has 0 radical (unpaired) electrons. The molecule has 0 bridgehead atoms.